The fraction of sp³-hybridized carbons (Fsp3) is 0.586. The number of hydrogen-bond acceptors (Lipinski definition) is 7. The van der Waals surface area contributed by atoms with Crippen LogP contribution >= 0.6 is 0 Å². The number of urea groups is 1. The Labute approximate surface area is 240 Å². The number of nitrogens with zero attached hydrogens (tertiary/aromatic N) is 5. The van der Waals surface area contributed by atoms with Crippen molar-refractivity contribution >= 4 is 17.8 Å². The molecule has 5 N–H and O–H groups in total. The number of amides is 3. The molecule has 1 unspecified atom stereocenters. The van der Waals surface area contributed by atoms with Gasteiger partial charge in [-0.2, -0.15) is 4.98 Å². The van der Waals surface area contributed by atoms with E-state index in [9.17, 15) is 14.4 Å². The summed E-state index contributed by atoms with van der Waals surface area (Å²) in [6.45, 7) is 9.55. The summed E-state index contributed by atoms with van der Waals surface area (Å²) in [5.74, 6) is 0.177. The van der Waals surface area contributed by atoms with Crippen LogP contribution in [0, 0.1) is 11.7 Å². The SMILES string of the molecule is CCC(Cc1ccc(-n2ccc(NC(=O)N3CCN(C(=O)C(C)(C)N)CC3)nc2=O)cc1F)N1CC[C@H](CCN)C1. The number of likely N-dealkylation sites (tertiary alicyclic amines) is 1. The molecule has 2 aliphatic rings. The molecule has 2 saturated heterocycles. The number of benzene rings is 1. The summed E-state index contributed by atoms with van der Waals surface area (Å²) >= 11 is 0. The first-order valence-corrected chi connectivity index (χ1v) is 14.5. The van der Waals surface area contributed by atoms with Crippen LogP contribution in [-0.2, 0) is 11.2 Å². The second-order valence-corrected chi connectivity index (χ2v) is 11.7. The van der Waals surface area contributed by atoms with Gasteiger partial charge in [0.1, 0.15) is 11.6 Å². The van der Waals surface area contributed by atoms with Crippen LogP contribution in [-0.4, -0.2) is 93.6 Å². The van der Waals surface area contributed by atoms with Gasteiger partial charge in [-0.15, -0.1) is 0 Å². The standard InChI is InChI=1S/C29H43FN8O3/c1-4-22(37-11-8-20(19-37)7-10-31)17-21-5-6-23(18-24(21)30)38-12-9-25(34-28(38)41)33-27(40)36-15-13-35(14-16-36)26(39)29(2,3)32/h5-6,9,12,18,20,22H,4,7-8,10-11,13-17,19,31-32H2,1-3H3,(H,33,34,40,41)/t20-,22?/m0/s1. The molecule has 3 amide bonds. The highest BCUT2D eigenvalue weighted by Crippen LogP contribution is 2.25. The summed E-state index contributed by atoms with van der Waals surface area (Å²) in [4.78, 5) is 47.5. The van der Waals surface area contributed by atoms with Gasteiger partial charge in [-0.3, -0.25) is 19.6 Å². The van der Waals surface area contributed by atoms with Gasteiger partial charge in [0, 0.05) is 45.0 Å². The molecule has 2 atom stereocenters. The lowest BCUT2D eigenvalue weighted by Gasteiger charge is -2.37. The minimum Gasteiger partial charge on any atom is -0.338 e. The molecule has 41 heavy (non-hydrogen) atoms. The van der Waals surface area contributed by atoms with Crippen LogP contribution in [0.4, 0.5) is 15.0 Å². The van der Waals surface area contributed by atoms with E-state index in [4.69, 9.17) is 11.5 Å². The quantitative estimate of drug-likeness (QED) is 0.417. The van der Waals surface area contributed by atoms with Crippen LogP contribution in [0.25, 0.3) is 5.69 Å². The van der Waals surface area contributed by atoms with Crippen LogP contribution in [0.15, 0.2) is 35.3 Å². The van der Waals surface area contributed by atoms with E-state index in [0.29, 0.717) is 56.3 Å². The predicted molar refractivity (Wildman–Crippen MR) is 156 cm³/mol. The zero-order valence-electron chi connectivity index (χ0n) is 24.3. The van der Waals surface area contributed by atoms with Crippen LogP contribution in [0.1, 0.15) is 45.6 Å². The number of hydrogen-bond donors (Lipinski definition) is 3. The minimum absolute atomic E-state index is 0.0966. The zero-order valence-corrected chi connectivity index (χ0v) is 24.3. The summed E-state index contributed by atoms with van der Waals surface area (Å²) in [6.07, 6.45) is 5.14. The zero-order chi connectivity index (χ0) is 29.7. The maximum Gasteiger partial charge on any atom is 0.354 e. The van der Waals surface area contributed by atoms with Crippen molar-refractivity contribution in [2.24, 2.45) is 17.4 Å². The first-order chi connectivity index (χ1) is 19.5. The molecule has 1 aromatic heterocycles. The van der Waals surface area contributed by atoms with Crippen LogP contribution in [0.5, 0.6) is 0 Å². The van der Waals surface area contributed by atoms with Crippen molar-refractivity contribution in [3.63, 3.8) is 0 Å². The average molecular weight is 571 g/mol. The number of aromatic nitrogens is 2. The number of halogens is 1. The Kier molecular flexibility index (Phi) is 9.77. The van der Waals surface area contributed by atoms with Gasteiger partial charge in [-0.25, -0.2) is 14.0 Å². The molecular formula is C29H43FN8O3. The van der Waals surface area contributed by atoms with Crippen molar-refractivity contribution in [1.82, 2.24) is 24.3 Å². The molecule has 2 fully saturated rings. The van der Waals surface area contributed by atoms with Gasteiger partial charge in [0.25, 0.3) is 0 Å². The van der Waals surface area contributed by atoms with E-state index < -0.39 is 17.3 Å². The summed E-state index contributed by atoms with van der Waals surface area (Å²) < 4.78 is 16.4. The van der Waals surface area contributed by atoms with Gasteiger partial charge >= 0.3 is 11.7 Å². The van der Waals surface area contributed by atoms with Crippen molar-refractivity contribution < 1.29 is 14.0 Å². The first kappa shape index (κ1) is 30.6. The molecule has 4 rings (SSSR count). The summed E-state index contributed by atoms with van der Waals surface area (Å²) in [5.41, 5.74) is 11.0. The molecular weight excluding hydrogens is 527 g/mol. The Bertz CT molecular complexity index is 1290. The smallest absolute Gasteiger partial charge is 0.338 e. The van der Waals surface area contributed by atoms with E-state index in [1.165, 1.54) is 22.9 Å². The van der Waals surface area contributed by atoms with Crippen molar-refractivity contribution in [1.29, 1.82) is 0 Å². The molecule has 2 aliphatic heterocycles. The van der Waals surface area contributed by atoms with Crippen LogP contribution in [0.3, 0.4) is 0 Å². The third-order valence-corrected chi connectivity index (χ3v) is 8.09. The number of anilines is 1. The molecule has 0 radical (unpaired) electrons. The summed E-state index contributed by atoms with van der Waals surface area (Å²) in [7, 11) is 0. The Balaban J connectivity index is 1.36. The monoisotopic (exact) mass is 570 g/mol. The average Bonchev–Trinajstić information content (AvgIpc) is 3.40. The van der Waals surface area contributed by atoms with Gasteiger partial charge in [-0.1, -0.05) is 13.0 Å². The minimum atomic E-state index is -0.971. The molecule has 0 saturated carbocycles. The predicted octanol–water partition coefficient (Wildman–Crippen LogP) is 1.78. The number of carbonyl (C=O) groups is 2. The highest BCUT2D eigenvalue weighted by molar-refractivity contribution is 5.89. The van der Waals surface area contributed by atoms with Crippen LogP contribution in [0.2, 0.25) is 0 Å². The molecule has 2 aromatic rings. The van der Waals surface area contributed by atoms with Gasteiger partial charge in [-0.05, 0) is 82.3 Å². The maximum atomic E-state index is 15.2. The number of nitrogens with one attached hydrogen (secondary N) is 1. The third-order valence-electron chi connectivity index (χ3n) is 8.09. The largest absolute Gasteiger partial charge is 0.354 e. The fourth-order valence-corrected chi connectivity index (χ4v) is 5.68. The number of nitrogens with two attached hydrogens (primary N) is 2. The molecule has 224 valence electrons. The Morgan fingerprint density at radius 1 is 1.15 bits per heavy atom. The molecule has 12 heteroatoms. The Morgan fingerprint density at radius 2 is 1.85 bits per heavy atom. The number of carbonyl (C=O) groups excluding carboxylic acids is 2. The van der Waals surface area contributed by atoms with Gasteiger partial charge < -0.3 is 21.3 Å². The van der Waals surface area contributed by atoms with Crippen molar-refractivity contribution in [3.8, 4) is 5.69 Å². The molecule has 3 heterocycles. The van der Waals surface area contributed by atoms with Crippen LogP contribution < -0.4 is 22.5 Å². The fourth-order valence-electron chi connectivity index (χ4n) is 5.68. The van der Waals surface area contributed by atoms with E-state index in [-0.39, 0.29) is 23.6 Å². The normalized spacial score (nSPS) is 18.9. The van der Waals surface area contributed by atoms with E-state index >= 15 is 4.39 Å². The van der Waals surface area contributed by atoms with E-state index in [2.05, 4.69) is 22.1 Å². The molecule has 0 aliphatic carbocycles. The second kappa shape index (κ2) is 13.1. The van der Waals surface area contributed by atoms with Gasteiger partial charge in [0.15, 0.2) is 0 Å². The topological polar surface area (TPSA) is 143 Å². The second-order valence-electron chi connectivity index (χ2n) is 11.7. The van der Waals surface area contributed by atoms with E-state index in [1.807, 2.05) is 0 Å². The number of piperazine rings is 1. The lowest BCUT2D eigenvalue weighted by molar-refractivity contribution is -0.137. The lowest BCUT2D eigenvalue weighted by Crippen LogP contribution is -2.58. The number of rotatable bonds is 9. The highest BCUT2D eigenvalue weighted by atomic mass is 19.1. The summed E-state index contributed by atoms with van der Waals surface area (Å²) in [5, 5.41) is 2.64. The van der Waals surface area contributed by atoms with Crippen molar-refractivity contribution in [2.45, 2.75) is 58.0 Å². The molecule has 1 aromatic carbocycles. The van der Waals surface area contributed by atoms with E-state index in [1.54, 1.807) is 35.8 Å². The Morgan fingerprint density at radius 3 is 2.46 bits per heavy atom. The third kappa shape index (κ3) is 7.49. The lowest BCUT2D eigenvalue weighted by atomic mass is 10.0. The van der Waals surface area contributed by atoms with Crippen molar-refractivity contribution in [2.75, 3.05) is 51.1 Å². The van der Waals surface area contributed by atoms with E-state index in [0.717, 1.165) is 32.4 Å². The van der Waals surface area contributed by atoms with Gasteiger partial charge in [0.05, 0.1) is 11.2 Å². The molecule has 0 bridgehead atoms. The van der Waals surface area contributed by atoms with Gasteiger partial charge in [0.2, 0.25) is 5.91 Å². The maximum absolute atomic E-state index is 15.2. The van der Waals surface area contributed by atoms with Crippen molar-refractivity contribution in [3.05, 3.63) is 52.3 Å². The molecule has 11 nitrogen and oxygen atoms in total. The first-order valence-electron chi connectivity index (χ1n) is 14.5. The Hall–Kier alpha value is -3.35. The summed E-state index contributed by atoms with van der Waals surface area (Å²) in [6, 6.07) is 6.15. The molecule has 0 spiro atoms. The highest BCUT2D eigenvalue weighted by Gasteiger charge is 2.31.